The van der Waals surface area contributed by atoms with Crippen molar-refractivity contribution in [2.24, 2.45) is 5.84 Å². The lowest BCUT2D eigenvalue weighted by Gasteiger charge is -2.28. The first-order valence-corrected chi connectivity index (χ1v) is 6.34. The van der Waals surface area contributed by atoms with Crippen LogP contribution in [-0.2, 0) is 0 Å². The number of likely N-dealkylation sites (N-methyl/N-ethyl adjacent to an activating group) is 1. The Kier molecular flexibility index (Phi) is 3.98. The van der Waals surface area contributed by atoms with Crippen molar-refractivity contribution < 1.29 is 0 Å². The Labute approximate surface area is 108 Å². The van der Waals surface area contributed by atoms with Crippen LogP contribution < -0.4 is 16.2 Å². The molecule has 2 heterocycles. The molecule has 0 aliphatic carbocycles. The predicted octanol–water partition coefficient (Wildman–Crippen LogP) is 0.601. The summed E-state index contributed by atoms with van der Waals surface area (Å²) in [5.41, 5.74) is 2.60. The summed E-state index contributed by atoms with van der Waals surface area (Å²) in [7, 11) is 4.21. The van der Waals surface area contributed by atoms with Crippen LogP contribution in [0.4, 0.5) is 11.6 Å². The van der Waals surface area contributed by atoms with Gasteiger partial charge < -0.3 is 15.2 Å². The van der Waals surface area contributed by atoms with Gasteiger partial charge in [0.1, 0.15) is 17.5 Å². The van der Waals surface area contributed by atoms with E-state index in [2.05, 4.69) is 39.3 Å². The Morgan fingerprint density at radius 2 is 2.28 bits per heavy atom. The Morgan fingerprint density at radius 1 is 1.50 bits per heavy atom. The molecule has 1 fully saturated rings. The van der Waals surface area contributed by atoms with Crippen LogP contribution >= 0.6 is 0 Å². The van der Waals surface area contributed by atoms with E-state index in [1.165, 1.54) is 12.8 Å². The second-order valence-corrected chi connectivity index (χ2v) is 5.05. The van der Waals surface area contributed by atoms with Gasteiger partial charge in [-0.15, -0.1) is 0 Å². The lowest BCUT2D eigenvalue weighted by atomic mass is 10.2. The first-order chi connectivity index (χ1) is 8.60. The number of hydrogen-bond acceptors (Lipinski definition) is 6. The molecule has 18 heavy (non-hydrogen) atoms. The van der Waals surface area contributed by atoms with Crippen molar-refractivity contribution in [2.75, 3.05) is 37.5 Å². The smallest absolute Gasteiger partial charge is 0.145 e. The van der Waals surface area contributed by atoms with E-state index in [-0.39, 0.29) is 0 Å². The normalized spacial score (nSPS) is 19.6. The zero-order valence-electron chi connectivity index (χ0n) is 11.3. The molecule has 0 amide bonds. The maximum Gasteiger partial charge on any atom is 0.145 e. The first-order valence-electron chi connectivity index (χ1n) is 6.34. The summed E-state index contributed by atoms with van der Waals surface area (Å²) in [6.07, 6.45) is 2.43. The van der Waals surface area contributed by atoms with Crippen LogP contribution in [0.5, 0.6) is 0 Å². The van der Waals surface area contributed by atoms with Crippen molar-refractivity contribution in [1.82, 2.24) is 14.9 Å². The summed E-state index contributed by atoms with van der Waals surface area (Å²) in [5.74, 6) is 7.83. The van der Waals surface area contributed by atoms with E-state index in [0.29, 0.717) is 11.9 Å². The standard InChI is InChI=1S/C12H22N6/c1-9-14-11(16-13)7-12(15-9)18-6-4-5-10(18)8-17(2)3/h7,10H,4-6,8,13H2,1-3H3,(H,14,15,16). The van der Waals surface area contributed by atoms with Gasteiger partial charge in [0.2, 0.25) is 0 Å². The third-order valence-electron chi connectivity index (χ3n) is 3.22. The molecule has 3 N–H and O–H groups in total. The van der Waals surface area contributed by atoms with Gasteiger partial charge in [-0.2, -0.15) is 0 Å². The minimum atomic E-state index is 0.528. The van der Waals surface area contributed by atoms with Gasteiger partial charge >= 0.3 is 0 Å². The highest BCUT2D eigenvalue weighted by Crippen LogP contribution is 2.25. The summed E-state index contributed by atoms with van der Waals surface area (Å²) < 4.78 is 0. The van der Waals surface area contributed by atoms with E-state index >= 15 is 0 Å². The van der Waals surface area contributed by atoms with Gasteiger partial charge in [-0.05, 0) is 33.9 Å². The minimum Gasteiger partial charge on any atom is -0.352 e. The van der Waals surface area contributed by atoms with Gasteiger partial charge in [0.25, 0.3) is 0 Å². The number of hydrogen-bond donors (Lipinski definition) is 2. The molecule has 1 unspecified atom stereocenters. The number of anilines is 2. The number of hydrazine groups is 1. The topological polar surface area (TPSA) is 70.3 Å². The summed E-state index contributed by atoms with van der Waals surface area (Å²) in [4.78, 5) is 13.3. The molecular weight excluding hydrogens is 228 g/mol. The fraction of sp³-hybridized carbons (Fsp3) is 0.667. The van der Waals surface area contributed by atoms with Crippen molar-refractivity contribution in [2.45, 2.75) is 25.8 Å². The molecule has 0 saturated carbocycles. The van der Waals surface area contributed by atoms with E-state index in [9.17, 15) is 0 Å². The van der Waals surface area contributed by atoms with Crippen molar-refractivity contribution in [3.05, 3.63) is 11.9 Å². The predicted molar refractivity (Wildman–Crippen MR) is 73.5 cm³/mol. The molecule has 0 radical (unpaired) electrons. The zero-order chi connectivity index (χ0) is 13.1. The van der Waals surface area contributed by atoms with Gasteiger partial charge in [0, 0.05) is 25.2 Å². The fourth-order valence-electron chi connectivity index (χ4n) is 2.52. The minimum absolute atomic E-state index is 0.528. The molecule has 1 aliphatic rings. The summed E-state index contributed by atoms with van der Waals surface area (Å²) in [5, 5.41) is 0. The van der Waals surface area contributed by atoms with Gasteiger partial charge in [0.05, 0.1) is 0 Å². The van der Waals surface area contributed by atoms with Gasteiger partial charge in [0.15, 0.2) is 0 Å². The molecule has 2 rings (SSSR count). The van der Waals surface area contributed by atoms with Crippen LogP contribution in [-0.4, -0.2) is 48.1 Å². The quantitative estimate of drug-likeness (QED) is 0.602. The maximum absolute atomic E-state index is 5.43. The largest absolute Gasteiger partial charge is 0.352 e. The molecule has 1 atom stereocenters. The van der Waals surface area contributed by atoms with E-state index in [1.54, 1.807) is 0 Å². The number of nitrogen functional groups attached to an aromatic ring is 1. The van der Waals surface area contributed by atoms with Crippen LogP contribution in [0, 0.1) is 6.92 Å². The maximum atomic E-state index is 5.43. The molecule has 0 spiro atoms. The molecule has 1 aromatic heterocycles. The highest BCUT2D eigenvalue weighted by atomic mass is 15.3. The van der Waals surface area contributed by atoms with Crippen molar-refractivity contribution in [1.29, 1.82) is 0 Å². The Bertz CT molecular complexity index is 406. The summed E-state index contributed by atoms with van der Waals surface area (Å²) in [6.45, 7) is 3.99. The lowest BCUT2D eigenvalue weighted by Crippen LogP contribution is -2.38. The average Bonchev–Trinajstić information content (AvgIpc) is 2.75. The number of nitrogens with one attached hydrogen (secondary N) is 1. The molecular formula is C12H22N6. The molecule has 6 nitrogen and oxygen atoms in total. The van der Waals surface area contributed by atoms with Crippen LogP contribution in [0.1, 0.15) is 18.7 Å². The highest BCUT2D eigenvalue weighted by Gasteiger charge is 2.26. The third-order valence-corrected chi connectivity index (χ3v) is 3.22. The molecule has 100 valence electrons. The van der Waals surface area contributed by atoms with Crippen LogP contribution in [0.3, 0.4) is 0 Å². The molecule has 0 bridgehead atoms. The molecule has 0 aromatic carbocycles. The fourth-order valence-corrected chi connectivity index (χ4v) is 2.52. The monoisotopic (exact) mass is 250 g/mol. The molecule has 1 saturated heterocycles. The van der Waals surface area contributed by atoms with Crippen LogP contribution in [0.25, 0.3) is 0 Å². The molecule has 6 heteroatoms. The van der Waals surface area contributed by atoms with E-state index in [1.807, 2.05) is 13.0 Å². The Hall–Kier alpha value is -1.40. The number of nitrogens with zero attached hydrogens (tertiary/aromatic N) is 4. The zero-order valence-corrected chi connectivity index (χ0v) is 11.3. The third kappa shape index (κ3) is 2.88. The number of aryl methyl sites for hydroxylation is 1. The van der Waals surface area contributed by atoms with Crippen LogP contribution in [0.15, 0.2) is 6.07 Å². The average molecular weight is 250 g/mol. The molecule has 1 aromatic rings. The second kappa shape index (κ2) is 5.49. The lowest BCUT2D eigenvalue weighted by molar-refractivity contribution is 0.371. The Balaban J connectivity index is 2.21. The molecule has 1 aliphatic heterocycles. The van der Waals surface area contributed by atoms with E-state index < -0.39 is 0 Å². The van der Waals surface area contributed by atoms with E-state index in [0.717, 1.165) is 24.7 Å². The second-order valence-electron chi connectivity index (χ2n) is 5.05. The van der Waals surface area contributed by atoms with E-state index in [4.69, 9.17) is 5.84 Å². The number of aromatic nitrogens is 2. The van der Waals surface area contributed by atoms with Crippen molar-refractivity contribution in [3.63, 3.8) is 0 Å². The van der Waals surface area contributed by atoms with Gasteiger partial charge in [-0.25, -0.2) is 15.8 Å². The van der Waals surface area contributed by atoms with Gasteiger partial charge in [-0.1, -0.05) is 0 Å². The number of nitrogens with two attached hydrogens (primary N) is 1. The van der Waals surface area contributed by atoms with Crippen molar-refractivity contribution >= 4 is 11.6 Å². The van der Waals surface area contributed by atoms with Crippen molar-refractivity contribution in [3.8, 4) is 0 Å². The number of rotatable bonds is 4. The first kappa shape index (κ1) is 13.0. The summed E-state index contributed by atoms with van der Waals surface area (Å²) in [6, 6.07) is 2.45. The Morgan fingerprint density at radius 3 is 2.94 bits per heavy atom. The summed E-state index contributed by atoms with van der Waals surface area (Å²) >= 11 is 0. The highest BCUT2D eigenvalue weighted by molar-refractivity contribution is 5.50. The van der Waals surface area contributed by atoms with Crippen LogP contribution in [0.2, 0.25) is 0 Å². The SMILES string of the molecule is Cc1nc(NN)cc(N2CCCC2CN(C)C)n1. The van der Waals surface area contributed by atoms with Gasteiger partial charge in [-0.3, -0.25) is 0 Å².